The summed E-state index contributed by atoms with van der Waals surface area (Å²) in [5.41, 5.74) is 0. The van der Waals surface area contributed by atoms with Crippen LogP contribution < -0.4 is 0 Å². The van der Waals surface area contributed by atoms with Gasteiger partial charge in [0.25, 0.3) is 0 Å². The highest BCUT2D eigenvalue weighted by Gasteiger charge is 2.07. The summed E-state index contributed by atoms with van der Waals surface area (Å²) in [6.45, 7) is 0.390. The summed E-state index contributed by atoms with van der Waals surface area (Å²) in [5, 5.41) is 25.5. The molecule has 0 atom stereocenters. The minimum absolute atomic E-state index is 0.0574. The molecule has 0 aromatic carbocycles. The molecule has 0 aromatic rings. The van der Waals surface area contributed by atoms with Gasteiger partial charge in [-0.2, -0.15) is 0 Å². The Hall–Kier alpha value is -0.200. The molecule has 0 saturated carbocycles. The lowest BCUT2D eigenvalue weighted by molar-refractivity contribution is -0.156. The SMILES string of the molecule is OCCCC(OCCO)OCCO. The minimum atomic E-state index is -0.438. The third-order valence-corrected chi connectivity index (χ3v) is 1.39. The molecule has 0 rings (SSSR count). The Balaban J connectivity index is 3.47. The summed E-state index contributed by atoms with van der Waals surface area (Å²) in [6, 6.07) is 0. The van der Waals surface area contributed by atoms with Gasteiger partial charge in [-0.3, -0.25) is 0 Å². The van der Waals surface area contributed by atoms with Crippen molar-refractivity contribution in [3.8, 4) is 0 Å². The van der Waals surface area contributed by atoms with Gasteiger partial charge in [-0.05, 0) is 6.42 Å². The molecule has 0 aliphatic carbocycles. The zero-order valence-corrected chi connectivity index (χ0v) is 7.69. The van der Waals surface area contributed by atoms with Crippen LogP contribution in [0.2, 0.25) is 0 Å². The van der Waals surface area contributed by atoms with Crippen LogP contribution in [0, 0.1) is 0 Å². The molecule has 0 bridgehead atoms. The van der Waals surface area contributed by atoms with E-state index in [-0.39, 0.29) is 33.0 Å². The molecule has 0 fully saturated rings. The molecule has 0 aliphatic rings. The van der Waals surface area contributed by atoms with Crippen molar-refractivity contribution in [2.75, 3.05) is 33.0 Å². The Labute approximate surface area is 77.9 Å². The van der Waals surface area contributed by atoms with E-state index in [0.29, 0.717) is 12.8 Å². The van der Waals surface area contributed by atoms with Crippen LogP contribution in [-0.2, 0) is 9.47 Å². The molecule has 5 nitrogen and oxygen atoms in total. The van der Waals surface area contributed by atoms with Gasteiger partial charge in [-0.15, -0.1) is 0 Å². The molecular weight excluding hydrogens is 176 g/mol. The molecular formula is C8H18O5. The lowest BCUT2D eigenvalue weighted by Crippen LogP contribution is -2.21. The van der Waals surface area contributed by atoms with Crippen molar-refractivity contribution >= 4 is 0 Å². The van der Waals surface area contributed by atoms with Gasteiger partial charge >= 0.3 is 0 Å². The summed E-state index contributed by atoms with van der Waals surface area (Å²) >= 11 is 0. The maximum atomic E-state index is 8.56. The first-order valence-electron chi connectivity index (χ1n) is 4.41. The summed E-state index contributed by atoms with van der Waals surface area (Å²) in [7, 11) is 0. The van der Waals surface area contributed by atoms with E-state index >= 15 is 0 Å². The van der Waals surface area contributed by atoms with E-state index in [2.05, 4.69) is 0 Å². The maximum Gasteiger partial charge on any atom is 0.157 e. The topological polar surface area (TPSA) is 79.2 Å². The number of hydrogen-bond donors (Lipinski definition) is 3. The molecule has 5 heteroatoms. The second kappa shape index (κ2) is 9.88. The summed E-state index contributed by atoms with van der Waals surface area (Å²) in [6.07, 6.45) is 0.712. The molecule has 0 saturated heterocycles. The maximum absolute atomic E-state index is 8.56. The van der Waals surface area contributed by atoms with Crippen LogP contribution in [-0.4, -0.2) is 54.6 Å². The Morgan fingerprint density at radius 2 is 1.38 bits per heavy atom. The molecule has 0 unspecified atom stereocenters. The molecule has 80 valence electrons. The van der Waals surface area contributed by atoms with Gasteiger partial charge in [-0.25, -0.2) is 0 Å². The Kier molecular flexibility index (Phi) is 9.73. The van der Waals surface area contributed by atoms with Crippen LogP contribution in [0.1, 0.15) is 12.8 Å². The lowest BCUT2D eigenvalue weighted by Gasteiger charge is -2.16. The van der Waals surface area contributed by atoms with Crippen LogP contribution in [0.25, 0.3) is 0 Å². The van der Waals surface area contributed by atoms with Crippen LogP contribution in [0.5, 0.6) is 0 Å². The predicted molar refractivity (Wildman–Crippen MR) is 46.2 cm³/mol. The van der Waals surface area contributed by atoms with Gasteiger partial charge in [0.1, 0.15) is 0 Å². The highest BCUT2D eigenvalue weighted by Crippen LogP contribution is 2.03. The Morgan fingerprint density at radius 1 is 0.846 bits per heavy atom. The van der Waals surface area contributed by atoms with E-state index in [1.807, 2.05) is 0 Å². The van der Waals surface area contributed by atoms with E-state index in [9.17, 15) is 0 Å². The van der Waals surface area contributed by atoms with E-state index in [1.165, 1.54) is 0 Å². The summed E-state index contributed by atoms with van der Waals surface area (Å²) < 4.78 is 10.2. The zero-order chi connectivity index (χ0) is 9.94. The van der Waals surface area contributed by atoms with E-state index in [1.54, 1.807) is 0 Å². The van der Waals surface area contributed by atoms with Crippen molar-refractivity contribution in [1.29, 1.82) is 0 Å². The third-order valence-electron chi connectivity index (χ3n) is 1.39. The number of aliphatic hydroxyl groups is 3. The Morgan fingerprint density at radius 3 is 1.77 bits per heavy atom. The average Bonchev–Trinajstić information content (AvgIpc) is 2.17. The molecule has 0 aromatic heterocycles. The number of ether oxygens (including phenoxy) is 2. The molecule has 3 N–H and O–H groups in total. The molecule has 0 radical (unpaired) electrons. The Bertz CT molecular complexity index is 79.5. The van der Waals surface area contributed by atoms with Crippen LogP contribution in [0.15, 0.2) is 0 Å². The average molecular weight is 194 g/mol. The van der Waals surface area contributed by atoms with Gasteiger partial charge in [0.2, 0.25) is 0 Å². The zero-order valence-electron chi connectivity index (χ0n) is 7.69. The molecule has 0 heterocycles. The van der Waals surface area contributed by atoms with Gasteiger partial charge in [0.15, 0.2) is 6.29 Å². The predicted octanol–water partition coefficient (Wildman–Crippen LogP) is -0.897. The first kappa shape index (κ1) is 12.8. The van der Waals surface area contributed by atoms with Crippen molar-refractivity contribution in [2.24, 2.45) is 0 Å². The first-order chi connectivity index (χ1) is 6.35. The second-order valence-electron chi connectivity index (χ2n) is 2.48. The van der Waals surface area contributed by atoms with Gasteiger partial charge < -0.3 is 24.8 Å². The number of aliphatic hydroxyl groups excluding tert-OH is 3. The smallest absolute Gasteiger partial charge is 0.157 e. The highest BCUT2D eigenvalue weighted by atomic mass is 16.7. The van der Waals surface area contributed by atoms with Crippen LogP contribution in [0.4, 0.5) is 0 Å². The van der Waals surface area contributed by atoms with Crippen LogP contribution >= 0.6 is 0 Å². The van der Waals surface area contributed by atoms with Crippen molar-refractivity contribution < 1.29 is 24.8 Å². The number of rotatable bonds is 9. The van der Waals surface area contributed by atoms with E-state index in [0.717, 1.165) is 0 Å². The third kappa shape index (κ3) is 8.14. The highest BCUT2D eigenvalue weighted by molar-refractivity contribution is 4.46. The fourth-order valence-electron chi connectivity index (χ4n) is 0.841. The second-order valence-corrected chi connectivity index (χ2v) is 2.48. The fraction of sp³-hybridized carbons (Fsp3) is 1.00. The lowest BCUT2D eigenvalue weighted by atomic mass is 10.3. The standard InChI is InChI=1S/C8H18O5/c9-3-1-2-8(12-6-4-10)13-7-5-11/h8-11H,1-7H2. The monoisotopic (exact) mass is 194 g/mol. The first-order valence-corrected chi connectivity index (χ1v) is 4.41. The van der Waals surface area contributed by atoms with Crippen molar-refractivity contribution in [1.82, 2.24) is 0 Å². The molecule has 0 aliphatic heterocycles. The quantitative estimate of drug-likeness (QED) is 0.415. The summed E-state index contributed by atoms with van der Waals surface area (Å²) in [4.78, 5) is 0. The molecule has 0 spiro atoms. The normalized spacial score (nSPS) is 11.1. The molecule has 0 amide bonds. The van der Waals surface area contributed by atoms with Crippen LogP contribution in [0.3, 0.4) is 0 Å². The summed E-state index contributed by atoms with van der Waals surface area (Å²) in [5.74, 6) is 0. The van der Waals surface area contributed by atoms with Crippen molar-refractivity contribution in [3.05, 3.63) is 0 Å². The number of hydrogen-bond acceptors (Lipinski definition) is 5. The largest absolute Gasteiger partial charge is 0.396 e. The van der Waals surface area contributed by atoms with Crippen molar-refractivity contribution in [2.45, 2.75) is 19.1 Å². The van der Waals surface area contributed by atoms with E-state index < -0.39 is 6.29 Å². The van der Waals surface area contributed by atoms with Gasteiger partial charge in [-0.1, -0.05) is 0 Å². The van der Waals surface area contributed by atoms with Gasteiger partial charge in [0.05, 0.1) is 26.4 Å². The molecule has 13 heavy (non-hydrogen) atoms. The fourth-order valence-corrected chi connectivity index (χ4v) is 0.841. The van der Waals surface area contributed by atoms with E-state index in [4.69, 9.17) is 24.8 Å². The minimum Gasteiger partial charge on any atom is -0.396 e. The van der Waals surface area contributed by atoms with Crippen molar-refractivity contribution in [3.63, 3.8) is 0 Å². The van der Waals surface area contributed by atoms with Gasteiger partial charge in [0, 0.05) is 13.0 Å².